The van der Waals surface area contributed by atoms with Crippen LogP contribution >= 0.6 is 0 Å². The number of carbonyl (C=O) groups is 3. The number of hydrogen-bond donors (Lipinski definition) is 1. The number of imide groups is 1. The third-order valence-corrected chi connectivity index (χ3v) is 6.07. The number of hydrogen-bond acceptors (Lipinski definition) is 8. The summed E-state index contributed by atoms with van der Waals surface area (Å²) in [6.07, 6.45) is 3.40. The molecule has 0 radical (unpaired) electrons. The first-order valence-corrected chi connectivity index (χ1v) is 11.0. The quantitative estimate of drug-likeness (QED) is 0.579. The minimum atomic E-state index is -0.864. The van der Waals surface area contributed by atoms with E-state index in [1.807, 2.05) is 24.3 Å². The molecule has 3 aromatic rings. The summed E-state index contributed by atoms with van der Waals surface area (Å²) >= 11 is 0. The predicted molar refractivity (Wildman–Crippen MR) is 125 cm³/mol. The first-order valence-electron chi connectivity index (χ1n) is 11.0. The van der Waals surface area contributed by atoms with Gasteiger partial charge in [-0.15, -0.1) is 10.2 Å². The number of rotatable bonds is 5. The van der Waals surface area contributed by atoms with Crippen LogP contribution in [0.2, 0.25) is 0 Å². The van der Waals surface area contributed by atoms with Crippen molar-refractivity contribution in [2.24, 2.45) is 0 Å². The van der Waals surface area contributed by atoms with E-state index < -0.39 is 17.9 Å². The summed E-state index contributed by atoms with van der Waals surface area (Å²) in [6.45, 7) is 3.68. The minimum Gasteiger partial charge on any atom is -0.352 e. The van der Waals surface area contributed by atoms with Gasteiger partial charge in [-0.25, -0.2) is 0 Å². The summed E-state index contributed by atoms with van der Waals surface area (Å²) in [7, 11) is 0. The molecule has 1 atom stereocenters. The lowest BCUT2D eigenvalue weighted by molar-refractivity contribution is -0.135. The number of aromatic nitrogens is 3. The van der Waals surface area contributed by atoms with Crippen LogP contribution in [-0.4, -0.2) is 74.9 Å². The summed E-state index contributed by atoms with van der Waals surface area (Å²) in [5.74, 6) is 0.250. The molecule has 10 nitrogen and oxygen atoms in total. The molecule has 1 saturated heterocycles. The molecule has 1 N–H and O–H groups in total. The van der Waals surface area contributed by atoms with Gasteiger partial charge in [0.15, 0.2) is 11.6 Å². The molecule has 4 heterocycles. The van der Waals surface area contributed by atoms with Crippen LogP contribution in [0.4, 0.5) is 17.3 Å². The fourth-order valence-electron chi connectivity index (χ4n) is 4.24. The molecule has 34 heavy (non-hydrogen) atoms. The maximum Gasteiger partial charge on any atom is 0.262 e. The zero-order valence-corrected chi connectivity index (χ0v) is 18.6. The van der Waals surface area contributed by atoms with E-state index in [1.165, 1.54) is 0 Å². The van der Waals surface area contributed by atoms with Crippen molar-refractivity contribution in [2.75, 3.05) is 36.4 Å². The number of benzene rings is 1. The van der Waals surface area contributed by atoms with Gasteiger partial charge in [-0.1, -0.05) is 12.1 Å². The van der Waals surface area contributed by atoms with Crippen LogP contribution in [0.15, 0.2) is 60.9 Å². The average molecular weight is 457 g/mol. The van der Waals surface area contributed by atoms with Gasteiger partial charge in [-0.2, -0.15) is 0 Å². The van der Waals surface area contributed by atoms with E-state index in [0.717, 1.165) is 16.4 Å². The minimum absolute atomic E-state index is 0.240. The molecule has 2 aliphatic rings. The largest absolute Gasteiger partial charge is 0.352 e. The number of amides is 3. The van der Waals surface area contributed by atoms with Crippen molar-refractivity contribution in [3.8, 4) is 0 Å². The van der Waals surface area contributed by atoms with Gasteiger partial charge in [-0.05, 0) is 43.3 Å². The maximum atomic E-state index is 13.1. The summed E-state index contributed by atoms with van der Waals surface area (Å²) < 4.78 is 0. The van der Waals surface area contributed by atoms with Crippen molar-refractivity contribution >= 4 is 35.0 Å². The number of nitrogens with zero attached hydrogens (tertiary/aromatic N) is 6. The summed E-state index contributed by atoms with van der Waals surface area (Å²) in [5.41, 5.74) is 1.51. The average Bonchev–Trinajstić information content (AvgIpc) is 3.14. The highest BCUT2D eigenvalue weighted by molar-refractivity contribution is 6.22. The number of pyridine rings is 1. The third-order valence-electron chi connectivity index (χ3n) is 6.07. The zero-order chi connectivity index (χ0) is 23.7. The second kappa shape index (κ2) is 8.89. The third kappa shape index (κ3) is 3.94. The van der Waals surface area contributed by atoms with Crippen molar-refractivity contribution in [3.05, 3.63) is 72.1 Å². The van der Waals surface area contributed by atoms with Crippen molar-refractivity contribution < 1.29 is 14.4 Å². The van der Waals surface area contributed by atoms with Crippen molar-refractivity contribution in [1.82, 2.24) is 25.0 Å². The second-order valence-electron chi connectivity index (χ2n) is 8.16. The lowest BCUT2D eigenvalue weighted by Crippen LogP contribution is -2.55. The van der Waals surface area contributed by atoms with E-state index >= 15 is 0 Å². The highest BCUT2D eigenvalue weighted by Gasteiger charge is 2.42. The molecule has 2 aromatic heterocycles. The molecule has 0 aliphatic carbocycles. The van der Waals surface area contributed by atoms with E-state index in [2.05, 4.69) is 25.4 Å². The molecule has 5 rings (SSSR count). The van der Waals surface area contributed by atoms with E-state index in [1.54, 1.807) is 48.5 Å². The van der Waals surface area contributed by atoms with E-state index in [4.69, 9.17) is 0 Å². The van der Waals surface area contributed by atoms with Crippen molar-refractivity contribution in [3.63, 3.8) is 0 Å². The second-order valence-corrected chi connectivity index (χ2v) is 8.16. The molecule has 1 unspecified atom stereocenters. The highest BCUT2D eigenvalue weighted by Crippen LogP contribution is 2.25. The molecule has 2 aliphatic heterocycles. The standard InChI is InChI=1S/C24H23N7O3/c1-16(31-23(33)18-6-2-3-7-19(18)24(31)34)22(32)30-13-11-29(12-14-30)21-9-8-20(27-28-21)26-17-5-4-10-25-15-17/h2-10,15-16H,11-14H2,1H3,(H,26,27). The van der Waals surface area contributed by atoms with Gasteiger partial charge in [0, 0.05) is 32.4 Å². The van der Waals surface area contributed by atoms with E-state index in [-0.39, 0.29) is 5.91 Å². The summed E-state index contributed by atoms with van der Waals surface area (Å²) in [6, 6.07) is 13.2. The molecule has 0 spiro atoms. The van der Waals surface area contributed by atoms with Crippen LogP contribution < -0.4 is 10.2 Å². The summed E-state index contributed by atoms with van der Waals surface area (Å²) in [4.78, 5) is 47.4. The maximum absolute atomic E-state index is 13.1. The Labute approximate surface area is 196 Å². The predicted octanol–water partition coefficient (Wildman–Crippen LogP) is 1.95. The van der Waals surface area contributed by atoms with E-state index in [0.29, 0.717) is 43.1 Å². The summed E-state index contributed by atoms with van der Waals surface area (Å²) in [5, 5.41) is 11.7. The molecule has 0 saturated carbocycles. The fraction of sp³-hybridized carbons (Fsp3) is 0.250. The Morgan fingerprint density at radius 3 is 2.21 bits per heavy atom. The number of nitrogens with one attached hydrogen (secondary N) is 1. The number of anilines is 3. The van der Waals surface area contributed by atoms with Crippen LogP contribution in [0.25, 0.3) is 0 Å². The Morgan fingerprint density at radius 2 is 1.62 bits per heavy atom. The molecule has 172 valence electrons. The number of piperazine rings is 1. The molecule has 1 fully saturated rings. The van der Waals surface area contributed by atoms with Crippen molar-refractivity contribution in [1.29, 1.82) is 0 Å². The Balaban J connectivity index is 1.19. The molecular formula is C24H23N7O3. The Kier molecular flexibility index (Phi) is 5.62. The molecule has 1 aromatic carbocycles. The Morgan fingerprint density at radius 1 is 0.912 bits per heavy atom. The zero-order valence-electron chi connectivity index (χ0n) is 18.6. The van der Waals surface area contributed by atoms with Crippen LogP contribution in [0.1, 0.15) is 27.6 Å². The van der Waals surface area contributed by atoms with Crippen molar-refractivity contribution in [2.45, 2.75) is 13.0 Å². The smallest absolute Gasteiger partial charge is 0.262 e. The Hall–Kier alpha value is -4.34. The molecule has 10 heteroatoms. The van der Waals surface area contributed by atoms with Crippen LogP contribution in [-0.2, 0) is 4.79 Å². The molecular weight excluding hydrogens is 434 g/mol. The number of carbonyl (C=O) groups excluding carboxylic acids is 3. The number of fused-ring (bicyclic) bond motifs is 1. The van der Waals surface area contributed by atoms with Crippen LogP contribution in [0.5, 0.6) is 0 Å². The highest BCUT2D eigenvalue weighted by atomic mass is 16.2. The first-order chi connectivity index (χ1) is 16.5. The van der Waals surface area contributed by atoms with Crippen LogP contribution in [0, 0.1) is 0 Å². The topological polar surface area (TPSA) is 112 Å². The van der Waals surface area contributed by atoms with Gasteiger partial charge in [0.05, 0.1) is 23.0 Å². The van der Waals surface area contributed by atoms with Gasteiger partial charge in [-0.3, -0.25) is 24.3 Å². The lowest BCUT2D eigenvalue weighted by Gasteiger charge is -2.37. The molecule has 3 amide bonds. The first kappa shape index (κ1) is 21.5. The monoisotopic (exact) mass is 457 g/mol. The SMILES string of the molecule is CC(C(=O)N1CCN(c2ccc(Nc3cccnc3)nn2)CC1)N1C(=O)c2ccccc2C1=O. The van der Waals surface area contributed by atoms with Gasteiger partial charge in [0.1, 0.15) is 6.04 Å². The fourth-order valence-corrected chi connectivity index (χ4v) is 4.24. The van der Waals surface area contributed by atoms with Gasteiger partial charge >= 0.3 is 0 Å². The van der Waals surface area contributed by atoms with E-state index in [9.17, 15) is 14.4 Å². The normalized spacial score (nSPS) is 16.4. The van der Waals surface area contributed by atoms with Crippen LogP contribution in [0.3, 0.4) is 0 Å². The van der Waals surface area contributed by atoms with Gasteiger partial charge < -0.3 is 15.1 Å². The molecule has 0 bridgehead atoms. The lowest BCUT2D eigenvalue weighted by atomic mass is 10.1. The Bertz CT molecular complexity index is 1190. The van der Waals surface area contributed by atoms with Gasteiger partial charge in [0.2, 0.25) is 5.91 Å². The van der Waals surface area contributed by atoms with Gasteiger partial charge in [0.25, 0.3) is 11.8 Å².